The molecule has 2 aromatic carbocycles. The molecule has 5 rings (SSSR count). The van der Waals surface area contributed by atoms with Crippen LogP contribution in [0.1, 0.15) is 35.8 Å². The van der Waals surface area contributed by atoms with Gasteiger partial charge in [0, 0.05) is 18.7 Å². The molecule has 1 N–H and O–H groups in total. The Morgan fingerprint density at radius 3 is 2.70 bits per heavy atom. The zero-order valence-corrected chi connectivity index (χ0v) is 18.5. The third kappa shape index (κ3) is 4.83. The predicted octanol–water partition coefficient (Wildman–Crippen LogP) is 4.12. The summed E-state index contributed by atoms with van der Waals surface area (Å²) in [5.74, 6) is 2.58. The Hall–Kier alpha value is -3.45. The van der Waals surface area contributed by atoms with Gasteiger partial charge in [0.2, 0.25) is 5.91 Å². The van der Waals surface area contributed by atoms with Crippen molar-refractivity contribution in [3.63, 3.8) is 0 Å². The van der Waals surface area contributed by atoms with Crippen LogP contribution in [0.3, 0.4) is 0 Å². The summed E-state index contributed by atoms with van der Waals surface area (Å²) in [6.07, 6.45) is 3.51. The number of carbonyl (C=O) groups is 1. The summed E-state index contributed by atoms with van der Waals surface area (Å²) in [6.45, 7) is 2.98. The SMILES string of the molecule is O=C(CN(Cc1ccco1)Cc1ccccc1O)N1CCCC1c1ccc2c(c1)OCCO2. The first kappa shape index (κ1) is 21.4. The molecular formula is C26H28N2O5. The fourth-order valence-corrected chi connectivity index (χ4v) is 4.64. The summed E-state index contributed by atoms with van der Waals surface area (Å²) in [5, 5.41) is 10.3. The average Bonchev–Trinajstić information content (AvgIpc) is 3.52. The monoisotopic (exact) mass is 448 g/mol. The van der Waals surface area contributed by atoms with Crippen LogP contribution in [0.4, 0.5) is 0 Å². The number of fused-ring (bicyclic) bond motifs is 1. The minimum Gasteiger partial charge on any atom is -0.508 e. The highest BCUT2D eigenvalue weighted by Gasteiger charge is 2.32. The van der Waals surface area contributed by atoms with E-state index in [4.69, 9.17) is 13.9 Å². The molecule has 0 aliphatic carbocycles. The van der Waals surface area contributed by atoms with Crippen molar-refractivity contribution in [1.29, 1.82) is 0 Å². The van der Waals surface area contributed by atoms with Crippen LogP contribution in [-0.2, 0) is 17.9 Å². The second-order valence-electron chi connectivity index (χ2n) is 8.50. The zero-order valence-electron chi connectivity index (χ0n) is 18.5. The normalized spacial score (nSPS) is 17.5. The van der Waals surface area contributed by atoms with Gasteiger partial charge >= 0.3 is 0 Å². The number of carbonyl (C=O) groups excluding carboxylic acids is 1. The molecule has 1 unspecified atom stereocenters. The number of hydrogen-bond acceptors (Lipinski definition) is 6. The molecule has 2 aliphatic rings. The molecule has 0 spiro atoms. The summed E-state index contributed by atoms with van der Waals surface area (Å²) in [5.41, 5.74) is 1.85. The lowest BCUT2D eigenvalue weighted by molar-refractivity contribution is -0.133. The first-order valence-corrected chi connectivity index (χ1v) is 11.4. The minimum atomic E-state index is 0.0175. The molecule has 33 heavy (non-hydrogen) atoms. The highest BCUT2D eigenvalue weighted by atomic mass is 16.6. The van der Waals surface area contributed by atoms with Gasteiger partial charge < -0.3 is 23.9 Å². The summed E-state index contributed by atoms with van der Waals surface area (Å²) < 4.78 is 16.9. The van der Waals surface area contributed by atoms with Crippen molar-refractivity contribution in [3.8, 4) is 17.2 Å². The molecule has 1 amide bonds. The van der Waals surface area contributed by atoms with Gasteiger partial charge in [0.1, 0.15) is 24.7 Å². The van der Waals surface area contributed by atoms with Crippen molar-refractivity contribution in [2.45, 2.75) is 32.0 Å². The number of para-hydroxylation sites is 1. The van der Waals surface area contributed by atoms with Gasteiger partial charge in [-0.3, -0.25) is 9.69 Å². The predicted molar refractivity (Wildman–Crippen MR) is 122 cm³/mol. The number of phenols is 1. The number of phenolic OH excluding ortho intramolecular Hbond substituents is 1. The number of hydrogen-bond donors (Lipinski definition) is 1. The second-order valence-corrected chi connectivity index (χ2v) is 8.50. The van der Waals surface area contributed by atoms with Crippen LogP contribution in [0.25, 0.3) is 0 Å². The second kappa shape index (κ2) is 9.58. The van der Waals surface area contributed by atoms with Crippen molar-refractivity contribution in [3.05, 3.63) is 77.7 Å². The first-order valence-electron chi connectivity index (χ1n) is 11.4. The maximum Gasteiger partial charge on any atom is 0.237 e. The smallest absolute Gasteiger partial charge is 0.237 e. The Bertz CT molecular complexity index is 1100. The molecule has 3 aromatic rings. The average molecular weight is 449 g/mol. The molecule has 1 saturated heterocycles. The van der Waals surface area contributed by atoms with Gasteiger partial charge in [0.25, 0.3) is 0 Å². The number of likely N-dealkylation sites (tertiary alicyclic amines) is 1. The van der Waals surface area contributed by atoms with Crippen LogP contribution in [0.5, 0.6) is 17.2 Å². The van der Waals surface area contributed by atoms with Gasteiger partial charge in [-0.05, 0) is 48.7 Å². The number of furan rings is 1. The van der Waals surface area contributed by atoms with E-state index in [0.717, 1.165) is 47.8 Å². The van der Waals surface area contributed by atoms with Gasteiger partial charge in [0.05, 0.1) is 25.4 Å². The lowest BCUT2D eigenvalue weighted by Gasteiger charge is -2.29. The van der Waals surface area contributed by atoms with Crippen LogP contribution in [0, 0.1) is 0 Å². The fraction of sp³-hybridized carbons (Fsp3) is 0.346. The summed E-state index contributed by atoms with van der Waals surface area (Å²) in [4.78, 5) is 17.4. The Morgan fingerprint density at radius 1 is 1.03 bits per heavy atom. The fourth-order valence-electron chi connectivity index (χ4n) is 4.64. The summed E-state index contributed by atoms with van der Waals surface area (Å²) >= 11 is 0. The quantitative estimate of drug-likeness (QED) is 0.586. The van der Waals surface area contributed by atoms with Crippen LogP contribution >= 0.6 is 0 Å². The molecule has 1 aromatic heterocycles. The molecule has 1 fully saturated rings. The molecule has 7 heteroatoms. The third-order valence-corrected chi connectivity index (χ3v) is 6.23. The molecule has 7 nitrogen and oxygen atoms in total. The number of nitrogens with zero attached hydrogens (tertiary/aromatic N) is 2. The van der Waals surface area contributed by atoms with Crippen LogP contribution < -0.4 is 9.47 Å². The van der Waals surface area contributed by atoms with E-state index < -0.39 is 0 Å². The Balaban J connectivity index is 1.33. The Kier molecular flexibility index (Phi) is 6.21. The Labute approximate surface area is 193 Å². The standard InChI is InChI=1S/C26H28N2O5/c29-23-8-2-1-5-20(23)16-27(17-21-6-4-12-31-21)18-26(30)28-11-3-7-22(28)19-9-10-24-25(15-19)33-14-13-32-24/h1-2,4-6,8-10,12,15,22,29H,3,7,11,13-14,16-18H2. The van der Waals surface area contributed by atoms with E-state index in [2.05, 4.69) is 0 Å². The van der Waals surface area contributed by atoms with Gasteiger partial charge in [-0.15, -0.1) is 0 Å². The van der Waals surface area contributed by atoms with Crippen molar-refractivity contribution >= 4 is 5.91 Å². The highest BCUT2D eigenvalue weighted by Crippen LogP contribution is 2.38. The van der Waals surface area contributed by atoms with Gasteiger partial charge in [-0.1, -0.05) is 24.3 Å². The number of ether oxygens (including phenoxy) is 2. The molecular weight excluding hydrogens is 420 g/mol. The third-order valence-electron chi connectivity index (χ3n) is 6.23. The van der Waals surface area contributed by atoms with E-state index in [1.54, 1.807) is 18.4 Å². The number of rotatable bonds is 7. The molecule has 0 bridgehead atoms. The van der Waals surface area contributed by atoms with E-state index in [0.29, 0.717) is 26.3 Å². The van der Waals surface area contributed by atoms with Crippen molar-refractivity contribution in [2.24, 2.45) is 0 Å². The lowest BCUT2D eigenvalue weighted by Crippen LogP contribution is -2.39. The first-order chi connectivity index (χ1) is 16.2. The molecule has 172 valence electrons. The van der Waals surface area contributed by atoms with Crippen molar-refractivity contribution in [2.75, 3.05) is 26.3 Å². The van der Waals surface area contributed by atoms with E-state index in [1.165, 1.54) is 0 Å². The number of amides is 1. The lowest BCUT2D eigenvalue weighted by atomic mass is 10.0. The molecule has 2 aliphatic heterocycles. The van der Waals surface area contributed by atoms with Gasteiger partial charge in [0.15, 0.2) is 11.5 Å². The van der Waals surface area contributed by atoms with Crippen molar-refractivity contribution < 1.29 is 23.8 Å². The molecule has 1 atom stereocenters. The maximum atomic E-state index is 13.5. The van der Waals surface area contributed by atoms with Crippen molar-refractivity contribution in [1.82, 2.24) is 9.80 Å². The van der Waals surface area contributed by atoms with E-state index in [-0.39, 0.29) is 24.2 Å². The summed E-state index contributed by atoms with van der Waals surface area (Å²) in [7, 11) is 0. The topological polar surface area (TPSA) is 75.4 Å². The number of aromatic hydroxyl groups is 1. The van der Waals surface area contributed by atoms with Crippen LogP contribution in [0.2, 0.25) is 0 Å². The van der Waals surface area contributed by atoms with E-state index >= 15 is 0 Å². The largest absolute Gasteiger partial charge is 0.508 e. The van der Waals surface area contributed by atoms with E-state index in [9.17, 15) is 9.90 Å². The molecule has 0 radical (unpaired) electrons. The molecule has 0 saturated carbocycles. The van der Waals surface area contributed by atoms with Crippen LogP contribution in [-0.4, -0.2) is 47.1 Å². The maximum absolute atomic E-state index is 13.5. The van der Waals surface area contributed by atoms with Crippen LogP contribution in [0.15, 0.2) is 65.3 Å². The van der Waals surface area contributed by atoms with E-state index in [1.807, 2.05) is 52.3 Å². The molecule has 3 heterocycles. The summed E-state index contributed by atoms with van der Waals surface area (Å²) in [6, 6.07) is 17.0. The van der Waals surface area contributed by atoms with Gasteiger partial charge in [-0.25, -0.2) is 0 Å². The number of benzene rings is 2. The Morgan fingerprint density at radius 2 is 1.88 bits per heavy atom. The zero-order chi connectivity index (χ0) is 22.6. The van der Waals surface area contributed by atoms with Gasteiger partial charge in [-0.2, -0.15) is 0 Å². The minimum absolute atomic E-state index is 0.0175. The highest BCUT2D eigenvalue weighted by molar-refractivity contribution is 5.79.